The third-order valence-electron chi connectivity index (χ3n) is 3.33. The third kappa shape index (κ3) is 4.86. The molecule has 0 aliphatic carbocycles. The van der Waals surface area contributed by atoms with Gasteiger partial charge in [0.15, 0.2) is 0 Å². The van der Waals surface area contributed by atoms with Gasteiger partial charge in [-0.05, 0) is 39.3 Å². The standard InChI is InChI=1S/C15H26N2OS/c1-12-9-13(11-17-5-7-19-8-6-17)18-14(12)10-16-15(2,3)4/h9,16H,5-8,10-11H2,1-4H3. The van der Waals surface area contributed by atoms with Crippen LogP contribution in [0, 0.1) is 6.92 Å². The van der Waals surface area contributed by atoms with Crippen LogP contribution in [0.5, 0.6) is 0 Å². The Morgan fingerprint density at radius 1 is 1.32 bits per heavy atom. The zero-order valence-corrected chi connectivity index (χ0v) is 13.4. The molecule has 3 nitrogen and oxygen atoms in total. The normalized spacial score (nSPS) is 17.9. The van der Waals surface area contributed by atoms with Gasteiger partial charge in [-0.1, -0.05) is 0 Å². The van der Waals surface area contributed by atoms with Crippen molar-refractivity contribution in [2.75, 3.05) is 24.6 Å². The predicted molar refractivity (Wildman–Crippen MR) is 82.6 cm³/mol. The molecule has 1 saturated heterocycles. The first kappa shape index (κ1) is 14.9. The molecule has 0 saturated carbocycles. The van der Waals surface area contributed by atoms with Crippen molar-refractivity contribution in [2.24, 2.45) is 0 Å². The molecular weight excluding hydrogens is 256 g/mol. The van der Waals surface area contributed by atoms with E-state index < -0.39 is 0 Å². The first-order valence-electron chi connectivity index (χ1n) is 7.07. The maximum Gasteiger partial charge on any atom is 0.120 e. The lowest BCUT2D eigenvalue weighted by atomic mass is 10.1. The number of thioether (sulfide) groups is 1. The zero-order valence-electron chi connectivity index (χ0n) is 12.6. The third-order valence-corrected chi connectivity index (χ3v) is 4.28. The van der Waals surface area contributed by atoms with Crippen LogP contribution < -0.4 is 5.32 Å². The Hall–Kier alpha value is -0.450. The Labute approximate surface area is 121 Å². The van der Waals surface area contributed by atoms with E-state index in [-0.39, 0.29) is 5.54 Å². The summed E-state index contributed by atoms with van der Waals surface area (Å²) in [6, 6.07) is 2.20. The molecule has 0 atom stereocenters. The summed E-state index contributed by atoms with van der Waals surface area (Å²) in [7, 11) is 0. The monoisotopic (exact) mass is 282 g/mol. The van der Waals surface area contributed by atoms with Crippen LogP contribution >= 0.6 is 11.8 Å². The van der Waals surface area contributed by atoms with E-state index in [1.54, 1.807) is 0 Å². The molecule has 1 aliphatic rings. The van der Waals surface area contributed by atoms with Gasteiger partial charge in [-0.15, -0.1) is 0 Å². The Balaban J connectivity index is 1.92. The van der Waals surface area contributed by atoms with Crippen molar-refractivity contribution >= 4 is 11.8 Å². The summed E-state index contributed by atoms with van der Waals surface area (Å²) in [5.74, 6) is 4.68. The number of furan rings is 1. The lowest BCUT2D eigenvalue weighted by molar-refractivity contribution is 0.262. The highest BCUT2D eigenvalue weighted by atomic mass is 32.2. The van der Waals surface area contributed by atoms with Crippen LogP contribution in [0.3, 0.4) is 0 Å². The Morgan fingerprint density at radius 2 is 2.00 bits per heavy atom. The number of hydrogen-bond acceptors (Lipinski definition) is 4. The molecular formula is C15H26N2OS. The second-order valence-corrected chi connectivity index (χ2v) is 7.54. The van der Waals surface area contributed by atoms with Gasteiger partial charge in [0.25, 0.3) is 0 Å². The molecule has 1 aromatic heterocycles. The highest BCUT2D eigenvalue weighted by Gasteiger charge is 2.16. The van der Waals surface area contributed by atoms with Gasteiger partial charge < -0.3 is 9.73 Å². The molecule has 108 valence electrons. The van der Waals surface area contributed by atoms with Crippen LogP contribution in [0.25, 0.3) is 0 Å². The molecule has 19 heavy (non-hydrogen) atoms. The van der Waals surface area contributed by atoms with Gasteiger partial charge in [0, 0.05) is 30.1 Å². The zero-order chi connectivity index (χ0) is 13.9. The van der Waals surface area contributed by atoms with E-state index in [0.717, 1.165) is 24.6 Å². The Morgan fingerprint density at radius 3 is 2.63 bits per heavy atom. The summed E-state index contributed by atoms with van der Waals surface area (Å²) >= 11 is 2.05. The molecule has 1 aromatic rings. The fraction of sp³-hybridized carbons (Fsp3) is 0.733. The minimum absolute atomic E-state index is 0.128. The van der Waals surface area contributed by atoms with Crippen LogP contribution in [0.4, 0.5) is 0 Å². The lowest BCUT2D eigenvalue weighted by Crippen LogP contribution is -2.35. The van der Waals surface area contributed by atoms with Gasteiger partial charge in [0.05, 0.1) is 13.1 Å². The fourth-order valence-corrected chi connectivity index (χ4v) is 3.15. The van der Waals surface area contributed by atoms with E-state index in [0.29, 0.717) is 0 Å². The van der Waals surface area contributed by atoms with Crippen LogP contribution in [-0.2, 0) is 13.1 Å². The molecule has 1 fully saturated rings. The molecule has 0 spiro atoms. The van der Waals surface area contributed by atoms with Crippen LogP contribution in [-0.4, -0.2) is 35.0 Å². The van der Waals surface area contributed by atoms with E-state index in [2.05, 4.69) is 44.0 Å². The first-order valence-corrected chi connectivity index (χ1v) is 8.23. The molecule has 0 bridgehead atoms. The molecule has 0 unspecified atom stereocenters. The highest BCUT2D eigenvalue weighted by molar-refractivity contribution is 7.99. The van der Waals surface area contributed by atoms with Gasteiger partial charge in [-0.2, -0.15) is 11.8 Å². The van der Waals surface area contributed by atoms with E-state index in [9.17, 15) is 0 Å². The van der Waals surface area contributed by atoms with Gasteiger partial charge in [0.1, 0.15) is 11.5 Å². The molecule has 0 aromatic carbocycles. The summed E-state index contributed by atoms with van der Waals surface area (Å²) in [5.41, 5.74) is 1.39. The minimum atomic E-state index is 0.128. The van der Waals surface area contributed by atoms with Gasteiger partial charge in [-0.25, -0.2) is 0 Å². The van der Waals surface area contributed by atoms with Crippen molar-refractivity contribution in [1.82, 2.24) is 10.2 Å². The molecule has 2 rings (SSSR count). The van der Waals surface area contributed by atoms with Crippen molar-refractivity contribution < 1.29 is 4.42 Å². The molecule has 0 amide bonds. The number of aryl methyl sites for hydroxylation is 1. The Bertz CT molecular complexity index is 403. The fourth-order valence-electron chi connectivity index (χ4n) is 2.17. The van der Waals surface area contributed by atoms with Crippen molar-refractivity contribution in [3.8, 4) is 0 Å². The van der Waals surface area contributed by atoms with Crippen LogP contribution in [0.2, 0.25) is 0 Å². The number of nitrogens with one attached hydrogen (secondary N) is 1. The summed E-state index contributed by atoms with van der Waals surface area (Å²) in [4.78, 5) is 2.48. The SMILES string of the molecule is Cc1cc(CN2CCSCC2)oc1CNC(C)(C)C. The molecule has 0 radical (unpaired) electrons. The first-order chi connectivity index (χ1) is 8.94. The number of hydrogen-bond donors (Lipinski definition) is 1. The smallest absolute Gasteiger partial charge is 0.120 e. The molecule has 2 heterocycles. The maximum atomic E-state index is 6.00. The van der Waals surface area contributed by atoms with Gasteiger partial charge in [0.2, 0.25) is 0 Å². The van der Waals surface area contributed by atoms with Crippen molar-refractivity contribution in [1.29, 1.82) is 0 Å². The summed E-state index contributed by atoms with van der Waals surface area (Å²) in [5, 5.41) is 3.49. The minimum Gasteiger partial charge on any atom is -0.463 e. The molecule has 4 heteroatoms. The largest absolute Gasteiger partial charge is 0.463 e. The predicted octanol–water partition coefficient (Wildman–Crippen LogP) is 3.02. The van der Waals surface area contributed by atoms with E-state index in [1.165, 1.54) is 30.2 Å². The number of rotatable bonds is 4. The quantitative estimate of drug-likeness (QED) is 0.919. The van der Waals surface area contributed by atoms with E-state index in [4.69, 9.17) is 4.42 Å². The van der Waals surface area contributed by atoms with Crippen LogP contribution in [0.1, 0.15) is 37.9 Å². The average Bonchev–Trinajstić information content (AvgIpc) is 2.67. The number of nitrogens with zero attached hydrogens (tertiary/aromatic N) is 1. The van der Waals surface area contributed by atoms with Gasteiger partial charge >= 0.3 is 0 Å². The second-order valence-electron chi connectivity index (χ2n) is 6.31. The Kier molecular flexibility index (Phi) is 4.98. The van der Waals surface area contributed by atoms with E-state index in [1.807, 2.05) is 11.8 Å². The summed E-state index contributed by atoms with van der Waals surface area (Å²) < 4.78 is 6.00. The topological polar surface area (TPSA) is 28.4 Å². The maximum absolute atomic E-state index is 6.00. The second kappa shape index (κ2) is 6.33. The van der Waals surface area contributed by atoms with Crippen molar-refractivity contribution in [2.45, 2.75) is 46.3 Å². The molecule has 1 N–H and O–H groups in total. The lowest BCUT2D eigenvalue weighted by Gasteiger charge is -2.25. The van der Waals surface area contributed by atoms with E-state index >= 15 is 0 Å². The van der Waals surface area contributed by atoms with Crippen LogP contribution in [0.15, 0.2) is 10.5 Å². The average molecular weight is 282 g/mol. The highest BCUT2D eigenvalue weighted by Crippen LogP contribution is 2.19. The van der Waals surface area contributed by atoms with Crippen molar-refractivity contribution in [3.05, 3.63) is 23.2 Å². The molecule has 1 aliphatic heterocycles. The van der Waals surface area contributed by atoms with Crippen molar-refractivity contribution in [3.63, 3.8) is 0 Å². The summed E-state index contributed by atoms with van der Waals surface area (Å²) in [6.45, 7) is 12.8. The van der Waals surface area contributed by atoms with Gasteiger partial charge in [-0.3, -0.25) is 4.90 Å². The summed E-state index contributed by atoms with van der Waals surface area (Å²) in [6.07, 6.45) is 0.